The van der Waals surface area contributed by atoms with E-state index in [0.29, 0.717) is 0 Å². The lowest BCUT2D eigenvalue weighted by Gasteiger charge is -2.04. The highest BCUT2D eigenvalue weighted by Crippen LogP contribution is 1.99. The van der Waals surface area contributed by atoms with Gasteiger partial charge in [0.25, 0.3) is 0 Å². The quantitative estimate of drug-likeness (QED) is 0.428. The second-order valence-electron chi connectivity index (χ2n) is 3.40. The van der Waals surface area contributed by atoms with E-state index in [9.17, 15) is 0 Å². The molecule has 2 nitrogen and oxygen atoms in total. The van der Waals surface area contributed by atoms with Crippen molar-refractivity contribution in [1.29, 1.82) is 0 Å². The molecule has 0 radical (unpaired) electrons. The molecule has 0 aromatic rings. The average Bonchev–Trinajstić information content (AvgIpc) is 2.21. The monoisotopic (exact) mass is 221 g/mol. The van der Waals surface area contributed by atoms with Crippen molar-refractivity contribution in [3.8, 4) is 0 Å². The predicted octanol–water partition coefficient (Wildman–Crippen LogP) is 2.80. The van der Waals surface area contributed by atoms with Crippen molar-refractivity contribution in [3.63, 3.8) is 0 Å². The minimum absolute atomic E-state index is 0.807. The Morgan fingerprint density at radius 1 is 1.00 bits per heavy atom. The minimum atomic E-state index is 0.807. The van der Waals surface area contributed by atoms with Gasteiger partial charge in [0, 0.05) is 19.1 Å². The number of hydrogen-bond donors (Lipinski definition) is 1. The third kappa shape index (κ3) is 12.2. The van der Waals surface area contributed by atoms with Crippen LogP contribution in [0.2, 0.25) is 0 Å². The van der Waals surface area contributed by atoms with Crippen LogP contribution in [0.5, 0.6) is 0 Å². The summed E-state index contributed by atoms with van der Waals surface area (Å²) in [6.07, 6.45) is 6.11. The van der Waals surface area contributed by atoms with Gasteiger partial charge in [-0.25, -0.2) is 0 Å². The number of alkyl halides is 1. The Bertz CT molecular complexity index is 89.3. The highest BCUT2D eigenvalue weighted by atomic mass is 35.5. The first-order chi connectivity index (χ1) is 6.91. The molecule has 0 saturated carbocycles. The largest absolute Gasteiger partial charge is 0.382 e. The van der Waals surface area contributed by atoms with E-state index in [1.165, 1.54) is 19.3 Å². The molecule has 14 heavy (non-hydrogen) atoms. The molecule has 0 aromatic carbocycles. The summed E-state index contributed by atoms with van der Waals surface area (Å²) < 4.78 is 5.24. The van der Waals surface area contributed by atoms with Crippen LogP contribution >= 0.6 is 11.6 Å². The van der Waals surface area contributed by atoms with E-state index >= 15 is 0 Å². The van der Waals surface area contributed by atoms with E-state index in [-0.39, 0.29) is 0 Å². The molecule has 0 spiro atoms. The molecule has 1 N–H and O–H groups in total. The molecule has 0 fully saturated rings. The Labute approximate surface area is 93.4 Å². The van der Waals surface area contributed by atoms with Gasteiger partial charge in [0.15, 0.2) is 0 Å². The lowest BCUT2D eigenvalue weighted by atomic mass is 10.2. The number of hydrogen-bond acceptors (Lipinski definition) is 2. The summed E-state index contributed by atoms with van der Waals surface area (Å²) in [6, 6.07) is 0. The Balaban J connectivity index is 2.78. The van der Waals surface area contributed by atoms with Gasteiger partial charge >= 0.3 is 0 Å². The molecule has 0 bridgehead atoms. The summed E-state index contributed by atoms with van der Waals surface area (Å²) >= 11 is 5.58. The molecule has 0 rings (SSSR count). The highest BCUT2D eigenvalue weighted by Gasteiger charge is 1.90. The Morgan fingerprint density at radius 2 is 1.71 bits per heavy atom. The fourth-order valence-corrected chi connectivity index (χ4v) is 1.46. The minimum Gasteiger partial charge on any atom is -0.382 e. The molecule has 86 valence electrons. The fourth-order valence-electron chi connectivity index (χ4n) is 1.27. The number of halogens is 1. The first-order valence-corrected chi connectivity index (χ1v) is 6.29. The van der Waals surface area contributed by atoms with Crippen LogP contribution in [0.15, 0.2) is 0 Å². The van der Waals surface area contributed by atoms with Gasteiger partial charge in [-0.2, -0.15) is 0 Å². The summed E-state index contributed by atoms with van der Waals surface area (Å²) in [5.74, 6) is 0.807. The zero-order valence-corrected chi connectivity index (χ0v) is 10.1. The summed E-state index contributed by atoms with van der Waals surface area (Å²) in [4.78, 5) is 0. The normalized spacial score (nSPS) is 10.7. The smallest absolute Gasteiger partial charge is 0.0477 e. The van der Waals surface area contributed by atoms with Gasteiger partial charge in [0.2, 0.25) is 0 Å². The van der Waals surface area contributed by atoms with Crippen molar-refractivity contribution in [2.75, 3.05) is 32.2 Å². The van der Waals surface area contributed by atoms with E-state index in [2.05, 4.69) is 5.32 Å². The number of rotatable bonds is 11. The van der Waals surface area contributed by atoms with Gasteiger partial charge in [-0.1, -0.05) is 12.8 Å². The van der Waals surface area contributed by atoms with Gasteiger partial charge in [0.05, 0.1) is 0 Å². The SMILES string of the molecule is CCOCCCNCCCCCCCl. The van der Waals surface area contributed by atoms with Crippen molar-refractivity contribution in [3.05, 3.63) is 0 Å². The maximum atomic E-state index is 5.58. The molecule has 0 heterocycles. The van der Waals surface area contributed by atoms with Crippen molar-refractivity contribution < 1.29 is 4.74 Å². The molecule has 0 aromatic heterocycles. The van der Waals surface area contributed by atoms with E-state index in [4.69, 9.17) is 16.3 Å². The summed E-state index contributed by atoms with van der Waals surface area (Å²) in [7, 11) is 0. The predicted molar refractivity (Wildman–Crippen MR) is 63.2 cm³/mol. The first kappa shape index (κ1) is 14.2. The second-order valence-corrected chi connectivity index (χ2v) is 3.78. The highest BCUT2D eigenvalue weighted by molar-refractivity contribution is 6.17. The zero-order valence-electron chi connectivity index (χ0n) is 9.36. The summed E-state index contributed by atoms with van der Waals surface area (Å²) in [6.45, 7) is 5.96. The lowest BCUT2D eigenvalue weighted by Crippen LogP contribution is -2.18. The van der Waals surface area contributed by atoms with Gasteiger partial charge in [0.1, 0.15) is 0 Å². The van der Waals surface area contributed by atoms with Crippen LogP contribution in [0, 0.1) is 0 Å². The third-order valence-corrected chi connectivity index (χ3v) is 2.35. The molecule has 0 amide bonds. The molecular weight excluding hydrogens is 198 g/mol. The van der Waals surface area contributed by atoms with Gasteiger partial charge in [-0.3, -0.25) is 0 Å². The van der Waals surface area contributed by atoms with Crippen LogP contribution in [0.1, 0.15) is 39.0 Å². The topological polar surface area (TPSA) is 21.3 Å². The van der Waals surface area contributed by atoms with E-state index in [1.54, 1.807) is 0 Å². The Morgan fingerprint density at radius 3 is 2.43 bits per heavy atom. The molecule has 0 atom stereocenters. The van der Waals surface area contributed by atoms with E-state index < -0.39 is 0 Å². The van der Waals surface area contributed by atoms with Crippen LogP contribution < -0.4 is 5.32 Å². The number of ether oxygens (including phenoxy) is 1. The van der Waals surface area contributed by atoms with Crippen molar-refractivity contribution in [2.24, 2.45) is 0 Å². The van der Waals surface area contributed by atoms with Crippen LogP contribution in [0.4, 0.5) is 0 Å². The van der Waals surface area contributed by atoms with Crippen molar-refractivity contribution in [2.45, 2.75) is 39.0 Å². The molecule has 0 saturated heterocycles. The zero-order chi connectivity index (χ0) is 10.5. The average molecular weight is 222 g/mol. The molecule has 0 unspecified atom stereocenters. The van der Waals surface area contributed by atoms with Crippen LogP contribution in [0.3, 0.4) is 0 Å². The Hall–Kier alpha value is 0.210. The standard InChI is InChI=1S/C11H24ClNO/c1-2-14-11-7-10-13-9-6-4-3-5-8-12/h13H,2-11H2,1H3. The fraction of sp³-hybridized carbons (Fsp3) is 1.00. The molecular formula is C11H24ClNO. The second kappa shape index (κ2) is 13.2. The molecule has 0 aliphatic heterocycles. The van der Waals surface area contributed by atoms with E-state index in [0.717, 1.165) is 45.0 Å². The Kier molecular flexibility index (Phi) is 13.4. The first-order valence-electron chi connectivity index (χ1n) is 5.76. The summed E-state index contributed by atoms with van der Waals surface area (Å²) in [5.41, 5.74) is 0. The van der Waals surface area contributed by atoms with Crippen LogP contribution in [-0.2, 0) is 4.74 Å². The lowest BCUT2D eigenvalue weighted by molar-refractivity contribution is 0.145. The number of unbranched alkanes of at least 4 members (excludes halogenated alkanes) is 3. The summed E-state index contributed by atoms with van der Waals surface area (Å²) in [5, 5.41) is 3.41. The van der Waals surface area contributed by atoms with Crippen LogP contribution in [-0.4, -0.2) is 32.2 Å². The molecule has 3 heteroatoms. The molecule has 0 aliphatic carbocycles. The van der Waals surface area contributed by atoms with Crippen LogP contribution in [0.25, 0.3) is 0 Å². The maximum Gasteiger partial charge on any atom is 0.0477 e. The van der Waals surface area contributed by atoms with Crippen molar-refractivity contribution >= 4 is 11.6 Å². The van der Waals surface area contributed by atoms with Crippen molar-refractivity contribution in [1.82, 2.24) is 5.32 Å². The van der Waals surface area contributed by atoms with E-state index in [1.807, 2.05) is 6.92 Å². The van der Waals surface area contributed by atoms with Gasteiger partial charge < -0.3 is 10.1 Å². The molecule has 0 aliphatic rings. The van der Waals surface area contributed by atoms with Gasteiger partial charge in [-0.05, 0) is 39.3 Å². The number of nitrogens with one attached hydrogen (secondary N) is 1. The third-order valence-electron chi connectivity index (χ3n) is 2.08. The van der Waals surface area contributed by atoms with Gasteiger partial charge in [-0.15, -0.1) is 11.6 Å². The maximum absolute atomic E-state index is 5.58.